The average Bonchev–Trinajstić information content (AvgIpc) is 2.61. The molecule has 0 saturated heterocycles. The summed E-state index contributed by atoms with van der Waals surface area (Å²) < 4.78 is 0. The van der Waals surface area contributed by atoms with Gasteiger partial charge in [0, 0.05) is 23.7 Å². The minimum atomic E-state index is -0.155. The van der Waals surface area contributed by atoms with Gasteiger partial charge in [0.25, 0.3) is 0 Å². The molecule has 0 aliphatic carbocycles. The highest BCUT2D eigenvalue weighted by molar-refractivity contribution is 5.97. The second kappa shape index (κ2) is 7.73. The molecule has 136 valence electrons. The van der Waals surface area contributed by atoms with Gasteiger partial charge in [0.05, 0.1) is 0 Å². The maximum atomic E-state index is 12.5. The summed E-state index contributed by atoms with van der Waals surface area (Å²) in [5.74, 6) is 0.158. The average molecular weight is 350 g/mol. The van der Waals surface area contributed by atoms with Gasteiger partial charge in [-0.1, -0.05) is 50.2 Å². The standard InChI is InChI=1S/C22H26N2O2/c1-14(2)18-9-6-7-15(3)21(18)24-20(25)12-11-17-13-16-8-4-5-10-19(16)23-22(17)26/h4-10,14,17H,11-13H2,1-3H3,(H,23,26)(H,24,25). The second-order valence-electron chi connectivity index (χ2n) is 7.33. The van der Waals surface area contributed by atoms with Crippen LogP contribution in [0.5, 0.6) is 0 Å². The van der Waals surface area contributed by atoms with Crippen LogP contribution in [0.3, 0.4) is 0 Å². The lowest BCUT2D eigenvalue weighted by Crippen LogP contribution is -2.30. The maximum Gasteiger partial charge on any atom is 0.227 e. The van der Waals surface area contributed by atoms with Crippen molar-refractivity contribution < 1.29 is 9.59 Å². The van der Waals surface area contributed by atoms with Gasteiger partial charge >= 0.3 is 0 Å². The second-order valence-corrected chi connectivity index (χ2v) is 7.33. The minimum Gasteiger partial charge on any atom is -0.326 e. The first-order valence-electron chi connectivity index (χ1n) is 9.24. The van der Waals surface area contributed by atoms with Crippen LogP contribution in [0, 0.1) is 12.8 Å². The Hall–Kier alpha value is -2.62. The van der Waals surface area contributed by atoms with Gasteiger partial charge in [0.2, 0.25) is 11.8 Å². The molecule has 0 aromatic heterocycles. The van der Waals surface area contributed by atoms with Crippen molar-refractivity contribution in [3.63, 3.8) is 0 Å². The molecule has 2 N–H and O–H groups in total. The molecular formula is C22H26N2O2. The minimum absolute atomic E-state index is 0.00950. The van der Waals surface area contributed by atoms with Crippen LogP contribution in [0.15, 0.2) is 42.5 Å². The van der Waals surface area contributed by atoms with E-state index in [4.69, 9.17) is 0 Å². The maximum absolute atomic E-state index is 12.5. The van der Waals surface area contributed by atoms with E-state index < -0.39 is 0 Å². The van der Waals surface area contributed by atoms with Crippen LogP contribution in [-0.2, 0) is 16.0 Å². The number of amides is 2. The van der Waals surface area contributed by atoms with Crippen molar-refractivity contribution in [3.8, 4) is 0 Å². The van der Waals surface area contributed by atoms with E-state index in [0.29, 0.717) is 25.2 Å². The first-order valence-corrected chi connectivity index (χ1v) is 9.24. The molecule has 3 rings (SSSR count). The summed E-state index contributed by atoms with van der Waals surface area (Å²) in [5, 5.41) is 6.01. The third kappa shape index (κ3) is 3.96. The van der Waals surface area contributed by atoms with Crippen LogP contribution in [0.1, 0.15) is 49.3 Å². The first-order chi connectivity index (χ1) is 12.5. The van der Waals surface area contributed by atoms with Gasteiger partial charge in [-0.25, -0.2) is 0 Å². The van der Waals surface area contributed by atoms with Crippen molar-refractivity contribution in [2.45, 2.75) is 46.0 Å². The molecule has 4 heteroatoms. The van der Waals surface area contributed by atoms with Crippen LogP contribution in [0.2, 0.25) is 0 Å². The molecule has 1 atom stereocenters. The van der Waals surface area contributed by atoms with Crippen molar-refractivity contribution in [1.82, 2.24) is 0 Å². The first kappa shape index (κ1) is 18.2. The molecule has 4 nitrogen and oxygen atoms in total. The van der Waals surface area contributed by atoms with Gasteiger partial charge in [0.15, 0.2) is 0 Å². The fraction of sp³-hybridized carbons (Fsp3) is 0.364. The van der Waals surface area contributed by atoms with Crippen LogP contribution >= 0.6 is 0 Å². The lowest BCUT2D eigenvalue weighted by molar-refractivity contribution is -0.121. The van der Waals surface area contributed by atoms with Crippen molar-refractivity contribution in [2.24, 2.45) is 5.92 Å². The van der Waals surface area contributed by atoms with E-state index in [-0.39, 0.29) is 17.7 Å². The predicted octanol–water partition coefficient (Wildman–Crippen LogP) is 4.65. The Morgan fingerprint density at radius 2 is 1.96 bits per heavy atom. The Kier molecular flexibility index (Phi) is 5.40. The number of para-hydroxylation sites is 2. The number of fused-ring (bicyclic) bond motifs is 1. The van der Waals surface area contributed by atoms with Gasteiger partial charge in [-0.2, -0.15) is 0 Å². The summed E-state index contributed by atoms with van der Waals surface area (Å²) in [7, 11) is 0. The van der Waals surface area contributed by atoms with Gasteiger partial charge in [-0.05, 0) is 48.4 Å². The summed E-state index contributed by atoms with van der Waals surface area (Å²) in [6, 6.07) is 13.9. The number of anilines is 2. The molecule has 2 aromatic carbocycles. The predicted molar refractivity (Wildman–Crippen MR) is 105 cm³/mol. The fourth-order valence-electron chi connectivity index (χ4n) is 3.50. The van der Waals surface area contributed by atoms with Crippen LogP contribution in [-0.4, -0.2) is 11.8 Å². The van der Waals surface area contributed by atoms with E-state index in [0.717, 1.165) is 28.1 Å². The molecule has 2 amide bonds. The lowest BCUT2D eigenvalue weighted by Gasteiger charge is -2.24. The normalized spacial score (nSPS) is 16.2. The summed E-state index contributed by atoms with van der Waals surface area (Å²) >= 11 is 0. The molecule has 1 heterocycles. The third-order valence-corrected chi connectivity index (χ3v) is 5.02. The van der Waals surface area contributed by atoms with E-state index in [1.165, 1.54) is 0 Å². The van der Waals surface area contributed by atoms with E-state index in [9.17, 15) is 9.59 Å². The fourth-order valence-corrected chi connectivity index (χ4v) is 3.50. The number of rotatable bonds is 5. The number of carbonyl (C=O) groups excluding carboxylic acids is 2. The van der Waals surface area contributed by atoms with Gasteiger partial charge in [-0.3, -0.25) is 9.59 Å². The monoisotopic (exact) mass is 350 g/mol. The zero-order valence-corrected chi connectivity index (χ0v) is 15.6. The van der Waals surface area contributed by atoms with Crippen LogP contribution in [0.4, 0.5) is 11.4 Å². The smallest absolute Gasteiger partial charge is 0.227 e. The summed E-state index contributed by atoms with van der Waals surface area (Å²) in [5.41, 5.74) is 5.14. The highest BCUT2D eigenvalue weighted by Crippen LogP contribution is 2.29. The van der Waals surface area contributed by atoms with E-state index in [1.54, 1.807) is 0 Å². The Morgan fingerprint density at radius 3 is 2.73 bits per heavy atom. The number of benzene rings is 2. The number of hydrogen-bond donors (Lipinski definition) is 2. The molecule has 0 bridgehead atoms. The van der Waals surface area contributed by atoms with E-state index in [1.807, 2.05) is 43.3 Å². The van der Waals surface area contributed by atoms with Crippen LogP contribution in [0.25, 0.3) is 0 Å². The Labute approximate surface area is 155 Å². The Bertz CT molecular complexity index is 827. The van der Waals surface area contributed by atoms with Gasteiger partial charge < -0.3 is 10.6 Å². The Morgan fingerprint density at radius 1 is 1.19 bits per heavy atom. The quantitative estimate of drug-likeness (QED) is 0.825. The molecule has 0 radical (unpaired) electrons. The molecule has 2 aromatic rings. The molecule has 1 aliphatic heterocycles. The van der Waals surface area contributed by atoms with Gasteiger partial charge in [-0.15, -0.1) is 0 Å². The lowest BCUT2D eigenvalue weighted by atomic mass is 9.89. The van der Waals surface area contributed by atoms with Crippen molar-refractivity contribution in [2.75, 3.05) is 10.6 Å². The molecular weight excluding hydrogens is 324 g/mol. The SMILES string of the molecule is Cc1cccc(C(C)C)c1NC(=O)CCC1Cc2ccccc2NC1=O. The largest absolute Gasteiger partial charge is 0.326 e. The summed E-state index contributed by atoms with van der Waals surface area (Å²) in [6.45, 7) is 6.25. The van der Waals surface area contributed by atoms with Gasteiger partial charge in [0.1, 0.15) is 0 Å². The van der Waals surface area contributed by atoms with Crippen molar-refractivity contribution in [3.05, 3.63) is 59.2 Å². The van der Waals surface area contributed by atoms with E-state index >= 15 is 0 Å². The number of nitrogens with one attached hydrogen (secondary N) is 2. The zero-order valence-electron chi connectivity index (χ0n) is 15.6. The van der Waals surface area contributed by atoms with Crippen molar-refractivity contribution >= 4 is 23.2 Å². The summed E-state index contributed by atoms with van der Waals surface area (Å²) in [6.07, 6.45) is 1.58. The van der Waals surface area contributed by atoms with Crippen molar-refractivity contribution in [1.29, 1.82) is 0 Å². The third-order valence-electron chi connectivity index (χ3n) is 5.02. The Balaban J connectivity index is 1.63. The number of hydrogen-bond acceptors (Lipinski definition) is 2. The number of aryl methyl sites for hydroxylation is 1. The number of carbonyl (C=O) groups is 2. The summed E-state index contributed by atoms with van der Waals surface area (Å²) in [4.78, 5) is 24.8. The molecule has 0 spiro atoms. The molecule has 26 heavy (non-hydrogen) atoms. The zero-order chi connectivity index (χ0) is 18.7. The van der Waals surface area contributed by atoms with E-state index in [2.05, 4.69) is 30.5 Å². The molecule has 0 fully saturated rings. The molecule has 1 unspecified atom stereocenters. The topological polar surface area (TPSA) is 58.2 Å². The van der Waals surface area contributed by atoms with Crippen LogP contribution < -0.4 is 10.6 Å². The highest BCUT2D eigenvalue weighted by atomic mass is 16.2. The molecule has 1 aliphatic rings. The highest BCUT2D eigenvalue weighted by Gasteiger charge is 2.26. The molecule has 0 saturated carbocycles.